The standard InChI is InChI=1S/C29H38F2N4O4.C4F6O2/c30-22-16-20(17-23(31)18-22)8-11-32-13-10-27(38)35(24-4-2-1-3-5-24)15-14-33-12-9-21-6-7-25(36)28-29(21)39-19-26(37)34-28;5-3(6,7)1(11)2(12)4(8,9)10/h6-7,16-18,24,32-33,36H,1-5,8-15,19H2,(H,34,37);. The molecule has 0 radical (unpaired) electrons. The fraction of sp³-hybridized carbons (Fsp3) is 0.515. The van der Waals surface area contributed by atoms with E-state index in [9.17, 15) is 59.4 Å². The van der Waals surface area contributed by atoms with Crippen molar-refractivity contribution in [3.8, 4) is 11.5 Å². The number of Topliss-reactive ketones (excluding diaryl/α,β-unsaturated/α-hetero) is 2. The van der Waals surface area contributed by atoms with E-state index in [-0.39, 0.29) is 30.2 Å². The van der Waals surface area contributed by atoms with Crippen LogP contribution in [-0.2, 0) is 32.0 Å². The minimum absolute atomic E-state index is 0.0197. The van der Waals surface area contributed by atoms with Crippen LogP contribution in [0.15, 0.2) is 30.3 Å². The third-order valence-corrected chi connectivity index (χ3v) is 8.02. The van der Waals surface area contributed by atoms with Crippen molar-refractivity contribution in [1.29, 1.82) is 0 Å². The van der Waals surface area contributed by atoms with Gasteiger partial charge in [0.2, 0.25) is 5.91 Å². The summed E-state index contributed by atoms with van der Waals surface area (Å²) in [7, 11) is 0. The first-order valence-corrected chi connectivity index (χ1v) is 16.1. The number of phenols is 1. The number of nitrogens with one attached hydrogen (secondary N) is 3. The number of amides is 2. The molecule has 2 aliphatic rings. The van der Waals surface area contributed by atoms with E-state index in [1.54, 1.807) is 12.1 Å². The van der Waals surface area contributed by atoms with Crippen LogP contribution in [0.3, 0.4) is 0 Å². The van der Waals surface area contributed by atoms with Crippen LogP contribution in [0.5, 0.6) is 11.5 Å². The van der Waals surface area contributed by atoms with Crippen LogP contribution in [0.25, 0.3) is 0 Å². The van der Waals surface area contributed by atoms with Crippen molar-refractivity contribution in [3.05, 3.63) is 53.1 Å². The molecule has 1 aliphatic heterocycles. The third kappa shape index (κ3) is 13.1. The van der Waals surface area contributed by atoms with Gasteiger partial charge in [0.1, 0.15) is 23.1 Å². The summed E-state index contributed by atoms with van der Waals surface area (Å²) >= 11 is 0. The number of hydrogen-bond acceptors (Lipinski definition) is 8. The second-order valence-electron chi connectivity index (χ2n) is 11.8. The van der Waals surface area contributed by atoms with Gasteiger partial charge in [0.15, 0.2) is 12.4 Å². The SMILES string of the molecule is O=C(C(=O)C(F)(F)F)C(F)(F)F.O=C1COc2c(CCNCCN(C(=O)CCNCCc3cc(F)cc(F)c3)C3CCCCC3)ccc(O)c2N1. The van der Waals surface area contributed by atoms with Crippen LogP contribution < -0.4 is 20.7 Å². The number of halogens is 8. The van der Waals surface area contributed by atoms with Crippen molar-refractivity contribution in [3.63, 3.8) is 0 Å². The molecule has 0 unspecified atom stereocenters. The topological polar surface area (TPSA) is 137 Å². The van der Waals surface area contributed by atoms with Gasteiger partial charge >= 0.3 is 23.9 Å². The Morgan fingerprint density at radius 2 is 1.43 bits per heavy atom. The highest BCUT2D eigenvalue weighted by molar-refractivity contribution is 6.41. The summed E-state index contributed by atoms with van der Waals surface area (Å²) in [5, 5.41) is 19.3. The van der Waals surface area contributed by atoms with Crippen molar-refractivity contribution in [2.24, 2.45) is 0 Å². The summed E-state index contributed by atoms with van der Waals surface area (Å²) in [6, 6.07) is 7.12. The van der Waals surface area contributed by atoms with Gasteiger partial charge in [-0.05, 0) is 68.1 Å². The molecule has 0 atom stereocenters. The first-order valence-electron chi connectivity index (χ1n) is 16.1. The number of nitrogens with zero attached hydrogens (tertiary/aromatic N) is 1. The van der Waals surface area contributed by atoms with E-state index in [0.29, 0.717) is 69.0 Å². The normalized spacial score (nSPS) is 14.8. The second-order valence-corrected chi connectivity index (χ2v) is 11.8. The summed E-state index contributed by atoms with van der Waals surface area (Å²) in [5.74, 6) is -7.67. The Morgan fingerprint density at radius 1 is 0.843 bits per heavy atom. The maximum Gasteiger partial charge on any atom is 0.458 e. The molecule has 0 aromatic heterocycles. The second kappa shape index (κ2) is 18.8. The number of hydrogen-bond donors (Lipinski definition) is 4. The molecule has 4 N–H and O–H groups in total. The van der Waals surface area contributed by atoms with Gasteiger partial charge in [-0.3, -0.25) is 19.2 Å². The van der Waals surface area contributed by atoms with Crippen molar-refractivity contribution in [2.45, 2.75) is 69.8 Å². The summed E-state index contributed by atoms with van der Waals surface area (Å²) in [6.45, 7) is 2.90. The fourth-order valence-electron chi connectivity index (χ4n) is 5.57. The number of carbonyl (C=O) groups excluding carboxylic acids is 4. The molecule has 2 aromatic rings. The smallest absolute Gasteiger partial charge is 0.458 e. The molecule has 2 amide bonds. The van der Waals surface area contributed by atoms with E-state index in [4.69, 9.17) is 4.74 Å². The molecule has 0 spiro atoms. The fourth-order valence-corrected chi connectivity index (χ4v) is 5.57. The molecule has 0 bridgehead atoms. The number of alkyl halides is 6. The van der Waals surface area contributed by atoms with Crippen molar-refractivity contribution in [1.82, 2.24) is 15.5 Å². The molecule has 1 heterocycles. The van der Waals surface area contributed by atoms with Crippen molar-refractivity contribution >= 4 is 29.1 Å². The van der Waals surface area contributed by atoms with Gasteiger partial charge in [-0.2, -0.15) is 26.3 Å². The van der Waals surface area contributed by atoms with Gasteiger partial charge in [-0.15, -0.1) is 0 Å². The van der Waals surface area contributed by atoms with Gasteiger partial charge < -0.3 is 30.7 Å². The zero-order chi connectivity index (χ0) is 37.8. The predicted octanol–water partition coefficient (Wildman–Crippen LogP) is 4.77. The minimum Gasteiger partial charge on any atom is -0.506 e. The largest absolute Gasteiger partial charge is 0.506 e. The van der Waals surface area contributed by atoms with Gasteiger partial charge in [0, 0.05) is 38.2 Å². The summed E-state index contributed by atoms with van der Waals surface area (Å²) in [5.41, 5.74) is 1.79. The summed E-state index contributed by atoms with van der Waals surface area (Å²) in [6.07, 6.45) is -4.52. The Balaban J connectivity index is 0.000000501. The average Bonchev–Trinajstić information content (AvgIpc) is 3.06. The Morgan fingerprint density at radius 3 is 2.04 bits per heavy atom. The molecule has 282 valence electrons. The molecule has 18 heteroatoms. The lowest BCUT2D eigenvalue weighted by Crippen LogP contribution is -2.45. The molecule has 51 heavy (non-hydrogen) atoms. The van der Waals surface area contributed by atoms with Crippen LogP contribution in [0.1, 0.15) is 49.7 Å². The van der Waals surface area contributed by atoms with Crippen molar-refractivity contribution < 1.29 is 64.1 Å². The summed E-state index contributed by atoms with van der Waals surface area (Å²) in [4.78, 5) is 46.0. The first-order chi connectivity index (χ1) is 24.0. The van der Waals surface area contributed by atoms with Crippen LogP contribution in [0.2, 0.25) is 0 Å². The third-order valence-electron chi connectivity index (χ3n) is 8.02. The molecular weight excluding hydrogens is 700 g/mol. The minimum atomic E-state index is -5.77. The molecule has 10 nitrogen and oxygen atoms in total. The Labute approximate surface area is 287 Å². The molecular formula is C33H38F8N4O6. The van der Waals surface area contributed by atoms with Crippen LogP contribution in [0.4, 0.5) is 40.8 Å². The molecule has 4 rings (SSSR count). The van der Waals surface area contributed by atoms with Crippen LogP contribution >= 0.6 is 0 Å². The van der Waals surface area contributed by atoms with Crippen molar-refractivity contribution in [2.75, 3.05) is 44.6 Å². The first kappa shape index (κ1) is 41.1. The number of anilines is 1. The Hall–Kier alpha value is -4.32. The molecule has 1 aliphatic carbocycles. The quantitative estimate of drug-likeness (QED) is 0.0943. The summed E-state index contributed by atoms with van der Waals surface area (Å²) < 4.78 is 99.2. The predicted molar refractivity (Wildman–Crippen MR) is 167 cm³/mol. The lowest BCUT2D eigenvalue weighted by molar-refractivity contribution is -0.193. The van der Waals surface area contributed by atoms with Gasteiger partial charge in [-0.1, -0.05) is 25.3 Å². The number of rotatable bonds is 14. The molecule has 1 fully saturated rings. The maximum absolute atomic E-state index is 13.4. The number of carbonyl (C=O) groups is 4. The van der Waals surface area contributed by atoms with E-state index in [0.717, 1.165) is 37.3 Å². The van der Waals surface area contributed by atoms with Crippen LogP contribution in [0, 0.1) is 11.6 Å². The van der Waals surface area contributed by atoms with E-state index in [1.165, 1.54) is 18.6 Å². The lowest BCUT2D eigenvalue weighted by Gasteiger charge is -2.34. The highest BCUT2D eigenvalue weighted by Crippen LogP contribution is 2.39. The number of ether oxygens (including phenoxy) is 1. The zero-order valence-electron chi connectivity index (χ0n) is 27.3. The number of ketones is 2. The van der Waals surface area contributed by atoms with Gasteiger partial charge in [0.25, 0.3) is 5.91 Å². The van der Waals surface area contributed by atoms with E-state index < -0.39 is 35.6 Å². The monoisotopic (exact) mass is 738 g/mol. The average molecular weight is 739 g/mol. The molecule has 0 saturated heterocycles. The number of fused-ring (bicyclic) bond motifs is 1. The number of phenolic OH excluding ortho intramolecular Hbond substituents is 1. The molecule has 2 aromatic carbocycles. The van der Waals surface area contributed by atoms with E-state index in [1.807, 2.05) is 4.90 Å². The Bertz CT molecular complexity index is 1490. The van der Waals surface area contributed by atoms with E-state index in [2.05, 4.69) is 16.0 Å². The van der Waals surface area contributed by atoms with Crippen LogP contribution in [-0.4, -0.2) is 91.1 Å². The van der Waals surface area contributed by atoms with Gasteiger partial charge in [0.05, 0.1) is 0 Å². The highest BCUT2D eigenvalue weighted by Gasteiger charge is 2.54. The number of aromatic hydroxyl groups is 1. The zero-order valence-corrected chi connectivity index (χ0v) is 27.3. The number of benzene rings is 2. The Kier molecular flexibility index (Phi) is 15.1. The molecule has 1 saturated carbocycles. The van der Waals surface area contributed by atoms with Gasteiger partial charge in [-0.25, -0.2) is 8.78 Å². The van der Waals surface area contributed by atoms with E-state index >= 15 is 0 Å². The maximum atomic E-state index is 13.4. The highest BCUT2D eigenvalue weighted by atomic mass is 19.4. The lowest BCUT2D eigenvalue weighted by atomic mass is 9.94.